The first-order valence-corrected chi connectivity index (χ1v) is 10.1. The summed E-state index contributed by atoms with van der Waals surface area (Å²) in [6, 6.07) is 0. The number of rotatable bonds is 2. The Kier molecular flexibility index (Phi) is 4.89. The van der Waals surface area contributed by atoms with Crippen molar-refractivity contribution in [2.45, 2.75) is 27.7 Å². The van der Waals surface area contributed by atoms with E-state index in [-0.39, 0.29) is 17.6 Å². The van der Waals surface area contributed by atoms with Gasteiger partial charge in [0.05, 0.1) is 16.8 Å². The number of aromatic amines is 1. The second kappa shape index (κ2) is 7.28. The van der Waals surface area contributed by atoms with Crippen molar-refractivity contribution in [1.82, 2.24) is 19.8 Å². The fourth-order valence-electron chi connectivity index (χ4n) is 4.24. The van der Waals surface area contributed by atoms with Crippen LogP contribution in [0.3, 0.4) is 0 Å². The van der Waals surface area contributed by atoms with E-state index in [4.69, 9.17) is 0 Å². The Bertz CT molecular complexity index is 1090. The van der Waals surface area contributed by atoms with Crippen molar-refractivity contribution >= 4 is 29.3 Å². The standard InChI is InChI=1S/C22H27N5O3/c1-11-16(23-13(3)17(11)22(30)27-8-6-26(5)7-9-27)10-15-18-12(2)19(28)14(4)24-20(18)25-21(15)29/h10,23,28H,6-9H2,1-5H3,(H,24,25,29)/b15-10-. The number of aromatic nitrogens is 2. The van der Waals surface area contributed by atoms with Crippen LogP contribution in [0.2, 0.25) is 0 Å². The third-order valence-corrected chi connectivity index (χ3v) is 6.10. The summed E-state index contributed by atoms with van der Waals surface area (Å²) in [4.78, 5) is 37.4. The summed E-state index contributed by atoms with van der Waals surface area (Å²) < 4.78 is 0. The summed E-state index contributed by atoms with van der Waals surface area (Å²) in [7, 11) is 2.06. The van der Waals surface area contributed by atoms with Crippen molar-refractivity contribution in [3.63, 3.8) is 0 Å². The first kappa shape index (κ1) is 20.2. The van der Waals surface area contributed by atoms with Crippen LogP contribution in [-0.2, 0) is 4.79 Å². The summed E-state index contributed by atoms with van der Waals surface area (Å²) in [5.74, 6) is 0.278. The number of pyridine rings is 1. The van der Waals surface area contributed by atoms with Gasteiger partial charge in [-0.2, -0.15) is 0 Å². The summed E-state index contributed by atoms with van der Waals surface area (Å²) >= 11 is 0. The Labute approximate surface area is 175 Å². The van der Waals surface area contributed by atoms with E-state index in [9.17, 15) is 14.7 Å². The molecule has 0 aromatic carbocycles. The maximum atomic E-state index is 13.1. The van der Waals surface area contributed by atoms with Crippen LogP contribution < -0.4 is 5.32 Å². The number of likely N-dealkylation sites (N-methyl/N-ethyl adjacent to an activating group) is 1. The van der Waals surface area contributed by atoms with Gasteiger partial charge in [-0.25, -0.2) is 4.98 Å². The monoisotopic (exact) mass is 409 g/mol. The summed E-state index contributed by atoms with van der Waals surface area (Å²) in [6.07, 6.45) is 1.74. The zero-order valence-corrected chi connectivity index (χ0v) is 18.0. The van der Waals surface area contributed by atoms with Gasteiger partial charge in [-0.3, -0.25) is 9.59 Å². The van der Waals surface area contributed by atoms with Crippen LogP contribution in [-0.4, -0.2) is 69.9 Å². The van der Waals surface area contributed by atoms with Gasteiger partial charge in [0, 0.05) is 48.7 Å². The fraction of sp³-hybridized carbons (Fsp3) is 0.409. The van der Waals surface area contributed by atoms with Gasteiger partial charge in [-0.05, 0) is 46.4 Å². The molecule has 1 fully saturated rings. The van der Waals surface area contributed by atoms with Gasteiger partial charge in [0.25, 0.3) is 11.8 Å². The molecule has 8 nitrogen and oxygen atoms in total. The quantitative estimate of drug-likeness (QED) is 0.661. The number of fused-ring (bicyclic) bond motifs is 1. The lowest BCUT2D eigenvalue weighted by Crippen LogP contribution is -2.47. The molecule has 2 aromatic rings. The second-order valence-electron chi connectivity index (χ2n) is 8.17. The molecule has 2 aromatic heterocycles. The maximum absolute atomic E-state index is 13.1. The molecule has 1 saturated heterocycles. The van der Waals surface area contributed by atoms with Gasteiger partial charge in [-0.1, -0.05) is 0 Å². The number of aryl methyl sites for hydroxylation is 2. The topological polar surface area (TPSA) is 102 Å². The van der Waals surface area contributed by atoms with Crippen LogP contribution in [0.25, 0.3) is 11.6 Å². The van der Waals surface area contributed by atoms with E-state index in [2.05, 4.69) is 27.2 Å². The molecule has 2 aliphatic heterocycles. The normalized spacial score (nSPS) is 18.1. The number of carbonyl (C=O) groups excluding carboxylic acids is 2. The van der Waals surface area contributed by atoms with Crippen LogP contribution in [0, 0.1) is 27.7 Å². The van der Waals surface area contributed by atoms with Crippen molar-refractivity contribution in [3.8, 4) is 5.75 Å². The predicted octanol–water partition coefficient (Wildman–Crippen LogP) is 2.23. The number of H-pyrrole nitrogens is 1. The molecule has 0 saturated carbocycles. The molecule has 8 heteroatoms. The number of hydrogen-bond acceptors (Lipinski definition) is 5. The van der Waals surface area contributed by atoms with E-state index < -0.39 is 0 Å². The van der Waals surface area contributed by atoms with Crippen LogP contribution >= 0.6 is 0 Å². The molecule has 2 aliphatic rings. The number of amides is 2. The number of aromatic hydroxyl groups is 1. The van der Waals surface area contributed by atoms with Crippen molar-refractivity contribution in [1.29, 1.82) is 0 Å². The number of nitrogens with zero attached hydrogens (tertiary/aromatic N) is 3. The first-order valence-electron chi connectivity index (χ1n) is 10.1. The van der Waals surface area contributed by atoms with Crippen LogP contribution in [0.15, 0.2) is 0 Å². The van der Waals surface area contributed by atoms with Crippen LogP contribution in [0.1, 0.15) is 44.1 Å². The number of piperazine rings is 1. The van der Waals surface area contributed by atoms with Crippen LogP contribution in [0.4, 0.5) is 5.82 Å². The molecule has 4 heterocycles. The first-order chi connectivity index (χ1) is 14.2. The molecule has 3 N–H and O–H groups in total. The Hall–Kier alpha value is -3.13. The minimum atomic E-state index is -0.274. The molecule has 4 rings (SSSR count). The van der Waals surface area contributed by atoms with E-state index in [1.165, 1.54) is 0 Å². The zero-order valence-electron chi connectivity index (χ0n) is 18.0. The lowest BCUT2D eigenvalue weighted by Gasteiger charge is -2.32. The minimum absolute atomic E-state index is 0.0152. The maximum Gasteiger partial charge on any atom is 0.257 e. The highest BCUT2D eigenvalue weighted by Crippen LogP contribution is 2.39. The summed E-state index contributed by atoms with van der Waals surface area (Å²) in [5.41, 5.74) is 5.07. The molecule has 0 bridgehead atoms. The third kappa shape index (κ3) is 3.17. The van der Waals surface area contributed by atoms with E-state index in [1.54, 1.807) is 19.9 Å². The van der Waals surface area contributed by atoms with Gasteiger partial charge in [0.2, 0.25) is 0 Å². The van der Waals surface area contributed by atoms with Crippen molar-refractivity contribution in [3.05, 3.63) is 39.3 Å². The smallest absolute Gasteiger partial charge is 0.257 e. The molecule has 158 valence electrons. The Morgan fingerprint density at radius 1 is 1.10 bits per heavy atom. The predicted molar refractivity (Wildman–Crippen MR) is 116 cm³/mol. The lowest BCUT2D eigenvalue weighted by atomic mass is 10.00. The highest BCUT2D eigenvalue weighted by molar-refractivity contribution is 6.35. The van der Waals surface area contributed by atoms with Gasteiger partial charge in [0.1, 0.15) is 11.6 Å². The molecule has 30 heavy (non-hydrogen) atoms. The fourth-order valence-corrected chi connectivity index (χ4v) is 4.24. The van der Waals surface area contributed by atoms with Crippen LogP contribution in [0.5, 0.6) is 5.75 Å². The van der Waals surface area contributed by atoms with Gasteiger partial charge in [0.15, 0.2) is 0 Å². The van der Waals surface area contributed by atoms with E-state index in [0.717, 1.165) is 24.3 Å². The molecule has 0 radical (unpaired) electrons. The number of hydrogen-bond donors (Lipinski definition) is 3. The van der Waals surface area contributed by atoms with Gasteiger partial charge < -0.3 is 25.2 Å². The Morgan fingerprint density at radius 3 is 2.43 bits per heavy atom. The van der Waals surface area contributed by atoms with Gasteiger partial charge in [-0.15, -0.1) is 0 Å². The molecule has 0 spiro atoms. The Morgan fingerprint density at radius 2 is 1.77 bits per heavy atom. The minimum Gasteiger partial charge on any atom is -0.506 e. The summed E-state index contributed by atoms with van der Waals surface area (Å²) in [6.45, 7) is 10.4. The van der Waals surface area contributed by atoms with Crippen molar-refractivity contribution in [2.75, 3.05) is 38.5 Å². The van der Waals surface area contributed by atoms with E-state index in [1.807, 2.05) is 18.7 Å². The highest BCUT2D eigenvalue weighted by atomic mass is 16.3. The zero-order chi connectivity index (χ0) is 21.7. The number of anilines is 1. The molecule has 2 amide bonds. The van der Waals surface area contributed by atoms with Gasteiger partial charge >= 0.3 is 0 Å². The molecule has 0 atom stereocenters. The lowest BCUT2D eigenvalue weighted by molar-refractivity contribution is -0.110. The van der Waals surface area contributed by atoms with E-state index >= 15 is 0 Å². The average Bonchev–Trinajstić information content (AvgIpc) is 3.15. The number of nitrogens with one attached hydrogen (secondary N) is 2. The molecular formula is C22H27N5O3. The Balaban J connectivity index is 1.73. The van der Waals surface area contributed by atoms with E-state index in [0.29, 0.717) is 52.6 Å². The van der Waals surface area contributed by atoms with Crippen molar-refractivity contribution in [2.24, 2.45) is 0 Å². The number of carbonyl (C=O) groups is 2. The third-order valence-electron chi connectivity index (χ3n) is 6.10. The average molecular weight is 409 g/mol. The largest absolute Gasteiger partial charge is 0.506 e. The molecule has 0 unspecified atom stereocenters. The molecular weight excluding hydrogens is 382 g/mol. The SMILES string of the molecule is Cc1nc2c(c(C)c1O)/C(=C/c1[nH]c(C)c(C(=O)N3CCN(C)CC3)c1C)C(=O)N2. The molecule has 0 aliphatic carbocycles. The summed E-state index contributed by atoms with van der Waals surface area (Å²) in [5, 5.41) is 13.1. The highest BCUT2D eigenvalue weighted by Gasteiger charge is 2.31. The van der Waals surface area contributed by atoms with Crippen molar-refractivity contribution < 1.29 is 14.7 Å². The second-order valence-corrected chi connectivity index (χ2v) is 8.17.